The second kappa shape index (κ2) is 42.6. The van der Waals surface area contributed by atoms with Gasteiger partial charge in [0.1, 0.15) is 24.7 Å². The minimum absolute atomic E-state index is 0. The van der Waals surface area contributed by atoms with E-state index in [-0.39, 0.29) is 61.5 Å². The van der Waals surface area contributed by atoms with Crippen LogP contribution in [0.5, 0.6) is 11.5 Å². The zero-order valence-electron chi connectivity index (χ0n) is 59.7. The van der Waals surface area contributed by atoms with Crippen LogP contribution in [0.25, 0.3) is 4.65 Å². The number of nitrogens with zero attached hydrogens (tertiary/aromatic N) is 2. The summed E-state index contributed by atoms with van der Waals surface area (Å²) in [4.78, 5) is 2.52. The molecule has 0 saturated heterocycles. The molecule has 93 heavy (non-hydrogen) atoms. The summed E-state index contributed by atoms with van der Waals surface area (Å²) in [6, 6.07) is 80.6. The quantitative estimate of drug-likeness (QED) is 0.0345. The number of hydrogen-bond acceptors (Lipinski definition) is 6. The molecule has 8 aromatic carbocycles. The first-order chi connectivity index (χ1) is 44.0. The number of benzene rings is 8. The van der Waals surface area contributed by atoms with E-state index < -0.39 is 33.1 Å². The SMILES string of the molecule is Brc1cccc(OCc2ccccc2)c1.CCCCN(CCCCO[Si](c1ccccc1)(c1ccccc1)C(C)(C)C)c1cccc(OCc2ccccc2)c1.CCCCNCCCCO[Si](c1ccccc1)(c1ccccc1)C(C)(C)C.C[Si](C)(C)[N-][Si](C)(C)C.[K+]. The number of ether oxygens (including phenoxy) is 2. The first-order valence-electron chi connectivity index (χ1n) is 33.9. The van der Waals surface area contributed by atoms with Gasteiger partial charge in [0.25, 0.3) is 16.6 Å². The molecule has 8 rings (SSSR count). The Hall–Kier alpha value is -4.02. The van der Waals surface area contributed by atoms with Crippen LogP contribution >= 0.6 is 15.9 Å². The maximum atomic E-state index is 7.13. The van der Waals surface area contributed by atoms with Crippen LogP contribution < -0.4 is 91.8 Å². The summed E-state index contributed by atoms with van der Waals surface area (Å²) < 4.78 is 31.7. The van der Waals surface area contributed by atoms with Crippen molar-refractivity contribution in [2.45, 2.75) is 169 Å². The molecule has 8 aromatic rings. The van der Waals surface area contributed by atoms with Crippen LogP contribution in [-0.2, 0) is 22.1 Å². The summed E-state index contributed by atoms with van der Waals surface area (Å²) in [5, 5.41) is 9.02. The van der Waals surface area contributed by atoms with Crippen molar-refractivity contribution in [1.82, 2.24) is 5.32 Å². The number of rotatable bonds is 31. The van der Waals surface area contributed by atoms with Gasteiger partial charge >= 0.3 is 51.4 Å². The predicted octanol–water partition coefficient (Wildman–Crippen LogP) is 17.0. The first kappa shape index (κ1) is 81.4. The minimum Gasteiger partial charge on any atom is -0.668 e. The molecular weight excluding hydrogens is 1300 g/mol. The number of hydrogen-bond donors (Lipinski definition) is 1. The van der Waals surface area contributed by atoms with E-state index in [1.54, 1.807) is 0 Å². The minimum atomic E-state index is -2.49. The average molecular weight is 1410 g/mol. The van der Waals surface area contributed by atoms with Crippen molar-refractivity contribution in [3.8, 4) is 11.5 Å². The van der Waals surface area contributed by atoms with Gasteiger partial charge < -0.3 is 33.2 Å². The summed E-state index contributed by atoms with van der Waals surface area (Å²) in [7, 11) is -7.05. The van der Waals surface area contributed by atoms with Crippen LogP contribution in [0.15, 0.2) is 235 Å². The molecule has 7 nitrogen and oxygen atoms in total. The molecule has 0 amide bonds. The average Bonchev–Trinajstić information content (AvgIpc) is 0.790. The summed E-state index contributed by atoms with van der Waals surface area (Å²) in [6.07, 6.45) is 9.24. The molecular formula is C80H113BrKN3O4Si4. The van der Waals surface area contributed by atoms with Crippen LogP contribution in [0.2, 0.25) is 49.4 Å². The van der Waals surface area contributed by atoms with Gasteiger partial charge in [-0.05, 0) is 124 Å². The molecule has 0 fully saturated rings. The Balaban J connectivity index is 0.000000302. The van der Waals surface area contributed by atoms with E-state index in [9.17, 15) is 0 Å². The van der Waals surface area contributed by atoms with Crippen LogP contribution in [0.3, 0.4) is 0 Å². The molecule has 1 N–H and O–H groups in total. The zero-order chi connectivity index (χ0) is 66.8. The maximum Gasteiger partial charge on any atom is 1.00 e. The van der Waals surface area contributed by atoms with Gasteiger partial charge in [-0.2, -0.15) is 0 Å². The Bertz CT molecular complexity index is 3110. The smallest absolute Gasteiger partial charge is 0.668 e. The van der Waals surface area contributed by atoms with Gasteiger partial charge in [-0.25, -0.2) is 0 Å². The molecule has 0 aromatic heterocycles. The van der Waals surface area contributed by atoms with Crippen molar-refractivity contribution in [2.24, 2.45) is 0 Å². The third-order valence-electron chi connectivity index (χ3n) is 15.7. The normalized spacial score (nSPS) is 11.7. The Kier molecular flexibility index (Phi) is 37.3. The molecule has 0 radical (unpaired) electrons. The van der Waals surface area contributed by atoms with E-state index in [2.05, 4.69) is 303 Å². The molecule has 13 heteroatoms. The molecule has 0 unspecified atom stereocenters. The van der Waals surface area contributed by atoms with Crippen molar-refractivity contribution in [3.63, 3.8) is 0 Å². The topological polar surface area (TPSA) is 66.3 Å². The summed E-state index contributed by atoms with van der Waals surface area (Å²) in [6.45, 7) is 39.4. The van der Waals surface area contributed by atoms with E-state index in [1.165, 1.54) is 69.7 Å². The van der Waals surface area contributed by atoms with Gasteiger partial charge in [0, 0.05) is 42.5 Å². The van der Waals surface area contributed by atoms with Gasteiger partial charge in [-0.1, -0.05) is 334 Å². The third kappa shape index (κ3) is 28.9. The zero-order valence-corrected chi connectivity index (χ0v) is 68.4. The van der Waals surface area contributed by atoms with Crippen LogP contribution in [0.1, 0.15) is 118 Å². The largest absolute Gasteiger partial charge is 1.00 e. The van der Waals surface area contributed by atoms with E-state index >= 15 is 0 Å². The Morgan fingerprint density at radius 2 is 0.763 bits per heavy atom. The summed E-state index contributed by atoms with van der Waals surface area (Å²) >= 11 is 3.41. The van der Waals surface area contributed by atoms with Crippen molar-refractivity contribution in [2.75, 3.05) is 44.3 Å². The van der Waals surface area contributed by atoms with Gasteiger partial charge in [-0.15, -0.1) is 0 Å². The molecule has 0 aliphatic rings. The van der Waals surface area contributed by atoms with Crippen molar-refractivity contribution < 1.29 is 69.7 Å². The van der Waals surface area contributed by atoms with Gasteiger partial charge in [0.05, 0.1) is 0 Å². The molecule has 496 valence electrons. The molecule has 0 spiro atoms. The van der Waals surface area contributed by atoms with Crippen molar-refractivity contribution >= 4 is 75.5 Å². The standard InChI is InChI=1S/C37H47NO2Si.C24H37NOSi.C13H11BrO.C6H18NSi2.K/c1-5-6-27-38(33-21-18-22-34(30-33)39-31-32-19-10-7-11-20-32)28-16-17-29-40-41(37(2,3)4,35-23-12-8-13-24-35)36-25-14-9-15-26-36;1-5-6-19-25-20-13-14-21-26-27(24(2,3)4,22-15-9-7-10-16-22)23-17-11-8-12-18-23;14-12-7-4-8-13(9-12)15-10-11-5-2-1-3-6-11;1-8(2,3)7-9(4,5)6;/h7-15,18-26,30H,5-6,16-17,27-29,31H2,1-4H3;7-12,15-18,25H,5-6,13-14,19-21H2,1-4H3;1-9H,10H2;1-6H3;/q;;;-1;+1. The Morgan fingerprint density at radius 3 is 1.13 bits per heavy atom. The van der Waals surface area contributed by atoms with Crippen molar-refractivity contribution in [3.05, 3.63) is 251 Å². The van der Waals surface area contributed by atoms with Crippen molar-refractivity contribution in [1.29, 1.82) is 0 Å². The monoisotopic (exact) mass is 1410 g/mol. The number of unbranched alkanes of at least 4 members (excludes halogenated alkanes) is 4. The predicted molar refractivity (Wildman–Crippen MR) is 413 cm³/mol. The third-order valence-corrected chi connectivity index (χ3v) is 31.6. The second-order valence-electron chi connectivity index (χ2n) is 27.8. The Morgan fingerprint density at radius 1 is 0.409 bits per heavy atom. The molecule has 0 atom stereocenters. The molecule has 0 bridgehead atoms. The van der Waals surface area contributed by atoms with Gasteiger partial charge in [0.2, 0.25) is 0 Å². The van der Waals surface area contributed by atoms with E-state index in [4.69, 9.17) is 23.0 Å². The van der Waals surface area contributed by atoms with Crippen LogP contribution in [-0.4, -0.2) is 72.5 Å². The molecule has 0 aliphatic carbocycles. The summed E-state index contributed by atoms with van der Waals surface area (Å²) in [5.41, 5.74) is 3.59. The molecule has 0 aliphatic heterocycles. The van der Waals surface area contributed by atoms with Gasteiger partial charge in [0.15, 0.2) is 0 Å². The number of nitrogens with one attached hydrogen (secondary N) is 1. The van der Waals surface area contributed by atoms with E-state index in [1.807, 2.05) is 48.5 Å². The fourth-order valence-electron chi connectivity index (χ4n) is 11.7. The number of halogens is 1. The van der Waals surface area contributed by atoms with E-state index in [0.717, 1.165) is 74.6 Å². The first-order valence-corrected chi connectivity index (χ1v) is 45.4. The van der Waals surface area contributed by atoms with E-state index in [0.29, 0.717) is 13.2 Å². The van der Waals surface area contributed by atoms with Crippen LogP contribution in [0.4, 0.5) is 5.69 Å². The fourth-order valence-corrected chi connectivity index (χ4v) is 29.3. The van der Waals surface area contributed by atoms with Crippen LogP contribution in [0, 0.1) is 0 Å². The maximum absolute atomic E-state index is 7.13. The second-order valence-corrected chi connectivity index (χ2v) is 46.9. The molecule has 0 heterocycles. The molecule has 0 saturated carbocycles. The summed E-state index contributed by atoms with van der Waals surface area (Å²) in [5.74, 6) is 1.80. The fraction of sp³-hybridized carbons (Fsp3) is 0.400. The number of anilines is 1. The Labute approximate surface area is 620 Å². The van der Waals surface area contributed by atoms with Gasteiger partial charge in [-0.3, -0.25) is 0 Å².